The van der Waals surface area contributed by atoms with Crippen LogP contribution in [0.3, 0.4) is 0 Å². The Morgan fingerprint density at radius 1 is 1.14 bits per heavy atom. The minimum Gasteiger partial charge on any atom is -0.371 e. The van der Waals surface area contributed by atoms with Crippen LogP contribution < -0.4 is 9.62 Å². The van der Waals surface area contributed by atoms with Crippen LogP contribution in [0.15, 0.2) is 42.6 Å². The second kappa shape index (κ2) is 7.11. The first-order chi connectivity index (χ1) is 13.6. The molecule has 4 rings (SSSR count). The first kappa shape index (κ1) is 19.8. The summed E-state index contributed by atoms with van der Waals surface area (Å²) in [5.41, 5.74) is 3.64. The van der Waals surface area contributed by atoms with E-state index in [9.17, 15) is 12.8 Å². The van der Waals surface area contributed by atoms with E-state index in [4.69, 9.17) is 0 Å². The molecule has 0 atom stereocenters. The second-order valence-electron chi connectivity index (χ2n) is 8.15. The average molecular weight is 417 g/mol. The lowest BCUT2D eigenvalue weighted by Crippen LogP contribution is -2.53. The predicted octanol–water partition coefficient (Wildman–Crippen LogP) is 3.38. The monoisotopic (exact) mass is 416 g/mol. The number of aryl methyl sites for hydroxylation is 1. The highest BCUT2D eigenvalue weighted by Gasteiger charge is 2.33. The van der Waals surface area contributed by atoms with Gasteiger partial charge in [-0.15, -0.1) is 0 Å². The van der Waals surface area contributed by atoms with Gasteiger partial charge in [0.2, 0.25) is 10.0 Å². The summed E-state index contributed by atoms with van der Waals surface area (Å²) >= 11 is 0. The molecular weight excluding hydrogens is 391 g/mol. The molecule has 1 saturated heterocycles. The molecule has 29 heavy (non-hydrogen) atoms. The van der Waals surface area contributed by atoms with Crippen LogP contribution in [0.25, 0.3) is 16.6 Å². The molecule has 1 aliphatic rings. The number of anilines is 1. The number of aromatic nitrogens is 2. The highest BCUT2D eigenvalue weighted by molar-refractivity contribution is 7.88. The van der Waals surface area contributed by atoms with Gasteiger partial charge < -0.3 is 4.90 Å². The maximum Gasteiger partial charge on any atom is 0.209 e. The van der Waals surface area contributed by atoms with E-state index in [0.717, 1.165) is 53.8 Å². The minimum atomic E-state index is -3.23. The summed E-state index contributed by atoms with van der Waals surface area (Å²) in [6.07, 6.45) is 4.52. The molecule has 2 heterocycles. The lowest BCUT2D eigenvalue weighted by molar-refractivity contribution is 0.330. The van der Waals surface area contributed by atoms with Crippen molar-refractivity contribution in [1.29, 1.82) is 0 Å². The van der Waals surface area contributed by atoms with E-state index in [1.165, 1.54) is 18.4 Å². The lowest BCUT2D eigenvalue weighted by Gasteiger charge is -2.41. The number of hydrogen-bond donors (Lipinski definition) is 1. The third kappa shape index (κ3) is 4.13. The van der Waals surface area contributed by atoms with Gasteiger partial charge in [0.15, 0.2) is 0 Å². The van der Waals surface area contributed by atoms with E-state index in [2.05, 4.69) is 33.8 Å². The summed E-state index contributed by atoms with van der Waals surface area (Å²) in [7, 11) is -3.23. The van der Waals surface area contributed by atoms with Gasteiger partial charge in [-0.3, -0.25) is 0 Å². The average Bonchev–Trinajstić information content (AvgIpc) is 3.03. The predicted molar refractivity (Wildman–Crippen MR) is 114 cm³/mol. The van der Waals surface area contributed by atoms with Gasteiger partial charge in [-0.2, -0.15) is 5.10 Å². The Morgan fingerprint density at radius 3 is 2.41 bits per heavy atom. The first-order valence-electron chi connectivity index (χ1n) is 9.62. The molecule has 3 aromatic rings. The van der Waals surface area contributed by atoms with Crippen LogP contribution in [0.2, 0.25) is 0 Å². The highest BCUT2D eigenvalue weighted by Crippen LogP contribution is 2.32. The van der Waals surface area contributed by atoms with Gasteiger partial charge in [0.25, 0.3) is 0 Å². The molecular formula is C21H25FN4O2S. The number of hydrogen-bond acceptors (Lipinski definition) is 4. The number of sulfonamides is 1. The maximum atomic E-state index is 13.2. The van der Waals surface area contributed by atoms with Crippen molar-refractivity contribution in [3.8, 4) is 5.69 Å². The molecule has 154 valence electrons. The van der Waals surface area contributed by atoms with Crippen LogP contribution in [0.1, 0.15) is 25.3 Å². The van der Waals surface area contributed by atoms with E-state index in [-0.39, 0.29) is 5.82 Å². The SMILES string of the molecule is Cc1cc2c(cnn2-c2ccc(F)cc2)cc1N1CCC(C)(NS(C)(=O)=O)CC1. The summed E-state index contributed by atoms with van der Waals surface area (Å²) in [6.45, 7) is 5.59. The molecule has 0 bridgehead atoms. The molecule has 0 saturated carbocycles. The van der Waals surface area contributed by atoms with Crippen molar-refractivity contribution in [2.75, 3.05) is 24.2 Å². The summed E-state index contributed by atoms with van der Waals surface area (Å²) in [5.74, 6) is -0.272. The van der Waals surface area contributed by atoms with Crippen molar-refractivity contribution in [1.82, 2.24) is 14.5 Å². The van der Waals surface area contributed by atoms with Crippen LogP contribution in [0.5, 0.6) is 0 Å². The Morgan fingerprint density at radius 2 is 1.79 bits per heavy atom. The number of rotatable bonds is 4. The maximum absolute atomic E-state index is 13.2. The molecule has 1 fully saturated rings. The van der Waals surface area contributed by atoms with Crippen molar-refractivity contribution in [2.24, 2.45) is 0 Å². The van der Waals surface area contributed by atoms with E-state index in [1.807, 2.05) is 17.8 Å². The Bertz CT molecular complexity index is 1150. The van der Waals surface area contributed by atoms with Gasteiger partial charge >= 0.3 is 0 Å². The van der Waals surface area contributed by atoms with Gasteiger partial charge in [0.1, 0.15) is 5.82 Å². The van der Waals surface area contributed by atoms with Crippen LogP contribution in [-0.2, 0) is 10.0 Å². The molecule has 0 amide bonds. The fraction of sp³-hybridized carbons (Fsp3) is 0.381. The smallest absolute Gasteiger partial charge is 0.209 e. The van der Waals surface area contributed by atoms with Crippen LogP contribution in [-0.4, -0.2) is 43.1 Å². The number of benzene rings is 2. The third-order valence-electron chi connectivity index (χ3n) is 5.60. The van der Waals surface area contributed by atoms with Crippen LogP contribution >= 0.6 is 0 Å². The van der Waals surface area contributed by atoms with E-state index in [1.54, 1.807) is 12.1 Å². The standard InChI is InChI=1S/C21H25FN4O2S/c1-15-12-20-16(14-23-26(20)18-6-4-17(22)5-7-18)13-19(15)25-10-8-21(2,9-11-25)24-29(3,27)28/h4-7,12-14,24H,8-11H2,1-3H3. The molecule has 6 nitrogen and oxygen atoms in total. The summed E-state index contributed by atoms with van der Waals surface area (Å²) in [6, 6.07) is 10.5. The molecule has 1 aliphatic heterocycles. The largest absolute Gasteiger partial charge is 0.371 e. The zero-order chi connectivity index (χ0) is 20.8. The van der Waals surface area contributed by atoms with Gasteiger partial charge in [-0.05, 0) is 68.7 Å². The fourth-order valence-corrected chi connectivity index (χ4v) is 5.19. The summed E-state index contributed by atoms with van der Waals surface area (Å²) in [5, 5.41) is 5.50. The molecule has 8 heteroatoms. The van der Waals surface area contributed by atoms with Crippen LogP contribution in [0, 0.1) is 12.7 Å². The number of nitrogens with zero attached hydrogens (tertiary/aromatic N) is 3. The van der Waals surface area contributed by atoms with Crippen molar-refractivity contribution < 1.29 is 12.8 Å². The van der Waals surface area contributed by atoms with Gasteiger partial charge in [-0.1, -0.05) is 0 Å². The van der Waals surface area contributed by atoms with E-state index < -0.39 is 15.6 Å². The van der Waals surface area contributed by atoms with Gasteiger partial charge in [-0.25, -0.2) is 22.2 Å². The molecule has 0 aliphatic carbocycles. The topological polar surface area (TPSA) is 67.2 Å². The molecule has 0 unspecified atom stereocenters. The van der Waals surface area contributed by atoms with E-state index in [0.29, 0.717) is 0 Å². The highest BCUT2D eigenvalue weighted by atomic mass is 32.2. The molecule has 0 radical (unpaired) electrons. The molecule has 1 N–H and O–H groups in total. The Kier molecular flexibility index (Phi) is 4.86. The van der Waals surface area contributed by atoms with Crippen molar-refractivity contribution in [2.45, 2.75) is 32.2 Å². The lowest BCUT2D eigenvalue weighted by atomic mass is 9.90. The Labute approximate surface area is 170 Å². The Balaban J connectivity index is 1.60. The Hall–Kier alpha value is -2.45. The third-order valence-corrected chi connectivity index (χ3v) is 6.46. The number of piperidine rings is 1. The molecule has 2 aromatic carbocycles. The quantitative estimate of drug-likeness (QED) is 0.708. The fourth-order valence-electron chi connectivity index (χ4n) is 4.09. The van der Waals surface area contributed by atoms with E-state index >= 15 is 0 Å². The molecule has 1 aromatic heterocycles. The van der Waals surface area contributed by atoms with Gasteiger partial charge in [0.05, 0.1) is 23.7 Å². The zero-order valence-corrected chi connectivity index (χ0v) is 17.6. The van der Waals surface area contributed by atoms with Crippen LogP contribution in [0.4, 0.5) is 10.1 Å². The summed E-state index contributed by atoms with van der Waals surface area (Å²) < 4.78 is 41.1. The number of halogens is 1. The first-order valence-corrected chi connectivity index (χ1v) is 11.5. The normalized spacial score (nSPS) is 17.0. The van der Waals surface area contributed by atoms with Crippen molar-refractivity contribution in [3.63, 3.8) is 0 Å². The van der Waals surface area contributed by atoms with Crippen molar-refractivity contribution in [3.05, 3.63) is 54.0 Å². The number of fused-ring (bicyclic) bond motifs is 1. The minimum absolute atomic E-state index is 0.272. The zero-order valence-electron chi connectivity index (χ0n) is 16.8. The second-order valence-corrected chi connectivity index (χ2v) is 9.90. The number of nitrogens with one attached hydrogen (secondary N) is 1. The molecule has 0 spiro atoms. The summed E-state index contributed by atoms with van der Waals surface area (Å²) in [4.78, 5) is 2.30. The van der Waals surface area contributed by atoms with Crippen molar-refractivity contribution >= 4 is 26.6 Å². The van der Waals surface area contributed by atoms with Gasteiger partial charge in [0, 0.05) is 29.7 Å².